The molecule has 6 heteroatoms. The van der Waals surface area contributed by atoms with Crippen LogP contribution in [0.2, 0.25) is 0 Å². The average molecular weight is 225 g/mol. The maximum absolute atomic E-state index is 5.04. The SMILES string of the molecule is C=C/N=C(/OC)N(C)CN/N=C(/C)NC=C. The third kappa shape index (κ3) is 5.69. The van der Waals surface area contributed by atoms with E-state index >= 15 is 0 Å². The first-order valence-corrected chi connectivity index (χ1v) is 4.74. The Morgan fingerprint density at radius 2 is 2.19 bits per heavy atom. The molecule has 0 saturated carbocycles. The number of rotatable bonds is 5. The van der Waals surface area contributed by atoms with Gasteiger partial charge in [0, 0.05) is 13.2 Å². The summed E-state index contributed by atoms with van der Waals surface area (Å²) >= 11 is 0. The third-order valence-electron chi connectivity index (χ3n) is 1.58. The van der Waals surface area contributed by atoms with Gasteiger partial charge in [-0.3, -0.25) is 5.43 Å². The fourth-order valence-corrected chi connectivity index (χ4v) is 0.893. The zero-order valence-corrected chi connectivity index (χ0v) is 10.0. The standard InChI is InChI=1S/C10H19N5O/c1-6-11-9(3)14-13-8-15(4)10(16-5)12-7-2/h6-7,13H,1-2,8H2,3-5H3,(H,11,14)/b12-10+. The molecule has 0 atom stereocenters. The van der Waals surface area contributed by atoms with E-state index in [9.17, 15) is 0 Å². The fourth-order valence-electron chi connectivity index (χ4n) is 0.893. The summed E-state index contributed by atoms with van der Waals surface area (Å²) < 4.78 is 5.04. The van der Waals surface area contributed by atoms with Gasteiger partial charge in [-0.2, -0.15) is 5.10 Å². The van der Waals surface area contributed by atoms with Crippen LogP contribution in [-0.2, 0) is 4.74 Å². The smallest absolute Gasteiger partial charge is 0.292 e. The van der Waals surface area contributed by atoms with Crippen LogP contribution in [0.5, 0.6) is 0 Å². The molecule has 0 unspecified atom stereocenters. The van der Waals surface area contributed by atoms with Crippen molar-refractivity contribution in [2.24, 2.45) is 10.1 Å². The van der Waals surface area contributed by atoms with Crippen molar-refractivity contribution in [2.75, 3.05) is 20.8 Å². The highest BCUT2D eigenvalue weighted by Crippen LogP contribution is 1.88. The van der Waals surface area contributed by atoms with Crippen molar-refractivity contribution in [2.45, 2.75) is 6.92 Å². The second-order valence-corrected chi connectivity index (χ2v) is 2.86. The minimum absolute atomic E-state index is 0.465. The van der Waals surface area contributed by atoms with Crippen molar-refractivity contribution >= 4 is 11.9 Å². The Kier molecular flexibility index (Phi) is 7.31. The molecule has 0 bridgehead atoms. The van der Waals surface area contributed by atoms with E-state index in [2.05, 4.69) is 34.0 Å². The zero-order chi connectivity index (χ0) is 12.4. The van der Waals surface area contributed by atoms with Crippen LogP contribution in [0.3, 0.4) is 0 Å². The maximum atomic E-state index is 5.04. The first-order valence-electron chi connectivity index (χ1n) is 4.74. The van der Waals surface area contributed by atoms with Crippen molar-refractivity contribution in [3.63, 3.8) is 0 Å². The molecule has 0 aromatic rings. The van der Waals surface area contributed by atoms with Gasteiger partial charge in [0.25, 0.3) is 6.02 Å². The van der Waals surface area contributed by atoms with Crippen LogP contribution in [0.4, 0.5) is 0 Å². The second kappa shape index (κ2) is 8.34. The Morgan fingerprint density at radius 1 is 1.50 bits per heavy atom. The van der Waals surface area contributed by atoms with Gasteiger partial charge in [0.1, 0.15) is 12.5 Å². The minimum atomic E-state index is 0.465. The van der Waals surface area contributed by atoms with Crippen molar-refractivity contribution in [1.29, 1.82) is 0 Å². The van der Waals surface area contributed by atoms with Gasteiger partial charge in [-0.05, 0) is 13.1 Å². The molecule has 16 heavy (non-hydrogen) atoms. The van der Waals surface area contributed by atoms with Gasteiger partial charge in [0.2, 0.25) is 0 Å². The summed E-state index contributed by atoms with van der Waals surface area (Å²) in [6.07, 6.45) is 2.98. The Balaban J connectivity index is 4.10. The van der Waals surface area contributed by atoms with Crippen LogP contribution in [-0.4, -0.2) is 37.6 Å². The van der Waals surface area contributed by atoms with E-state index < -0.39 is 0 Å². The highest BCUT2D eigenvalue weighted by Gasteiger charge is 2.03. The van der Waals surface area contributed by atoms with Gasteiger partial charge in [0.05, 0.1) is 7.11 Å². The molecular weight excluding hydrogens is 206 g/mol. The van der Waals surface area contributed by atoms with E-state index in [4.69, 9.17) is 4.74 Å². The largest absolute Gasteiger partial charge is 0.468 e. The van der Waals surface area contributed by atoms with Crippen LogP contribution in [0.1, 0.15) is 6.92 Å². The number of methoxy groups -OCH3 is 1. The van der Waals surface area contributed by atoms with Gasteiger partial charge in [0.15, 0.2) is 0 Å². The summed E-state index contributed by atoms with van der Waals surface area (Å²) in [6.45, 7) is 9.32. The maximum Gasteiger partial charge on any atom is 0.292 e. The van der Waals surface area contributed by atoms with E-state index in [1.54, 1.807) is 18.2 Å². The molecule has 0 aromatic heterocycles. The molecule has 0 fully saturated rings. The van der Waals surface area contributed by atoms with Crippen LogP contribution in [0.15, 0.2) is 35.7 Å². The van der Waals surface area contributed by atoms with Gasteiger partial charge in [-0.15, -0.1) is 0 Å². The summed E-state index contributed by atoms with van der Waals surface area (Å²) in [6, 6.07) is 0.465. The van der Waals surface area contributed by atoms with E-state index in [-0.39, 0.29) is 0 Å². The molecular formula is C10H19N5O. The van der Waals surface area contributed by atoms with Crippen molar-refractivity contribution in [1.82, 2.24) is 15.6 Å². The summed E-state index contributed by atoms with van der Waals surface area (Å²) in [5.41, 5.74) is 2.85. The quantitative estimate of drug-likeness (QED) is 0.312. The summed E-state index contributed by atoms with van der Waals surface area (Å²) in [4.78, 5) is 5.70. The lowest BCUT2D eigenvalue weighted by molar-refractivity contribution is 0.298. The normalized spacial score (nSPS) is 11.7. The number of amidine groups is 2. The Labute approximate surface area is 96.4 Å². The number of hydrogen-bond acceptors (Lipinski definition) is 4. The van der Waals surface area contributed by atoms with Crippen LogP contribution < -0.4 is 10.7 Å². The molecule has 0 heterocycles. The zero-order valence-electron chi connectivity index (χ0n) is 10.0. The molecule has 2 N–H and O–H groups in total. The Hall–Kier alpha value is -1.98. The summed E-state index contributed by atoms with van der Waals surface area (Å²) in [5.74, 6) is 0.725. The molecule has 0 spiro atoms. The van der Waals surface area contributed by atoms with E-state index in [0.29, 0.717) is 12.7 Å². The average Bonchev–Trinajstić information content (AvgIpc) is 2.26. The fraction of sp³-hybridized carbons (Fsp3) is 0.400. The molecule has 90 valence electrons. The lowest BCUT2D eigenvalue weighted by Gasteiger charge is -2.18. The van der Waals surface area contributed by atoms with Crippen LogP contribution in [0.25, 0.3) is 0 Å². The van der Waals surface area contributed by atoms with Crippen molar-refractivity contribution in [3.8, 4) is 0 Å². The molecule has 0 aromatic carbocycles. The second-order valence-electron chi connectivity index (χ2n) is 2.86. The van der Waals surface area contributed by atoms with Crippen LogP contribution in [0, 0.1) is 0 Å². The summed E-state index contributed by atoms with van der Waals surface area (Å²) in [7, 11) is 3.37. The summed E-state index contributed by atoms with van der Waals surface area (Å²) in [5, 5.41) is 6.88. The highest BCUT2D eigenvalue weighted by atomic mass is 16.5. The molecule has 0 amide bonds. The van der Waals surface area contributed by atoms with Crippen molar-refractivity contribution in [3.05, 3.63) is 25.6 Å². The predicted molar refractivity (Wildman–Crippen MR) is 66.8 cm³/mol. The first-order chi connectivity index (χ1) is 7.65. The number of nitrogens with zero attached hydrogens (tertiary/aromatic N) is 3. The van der Waals surface area contributed by atoms with Gasteiger partial charge >= 0.3 is 0 Å². The molecule has 0 saturated heterocycles. The molecule has 0 aliphatic rings. The van der Waals surface area contributed by atoms with Crippen molar-refractivity contribution < 1.29 is 4.74 Å². The Morgan fingerprint density at radius 3 is 2.69 bits per heavy atom. The predicted octanol–water partition coefficient (Wildman–Crippen LogP) is 0.678. The van der Waals surface area contributed by atoms with E-state index in [0.717, 1.165) is 5.84 Å². The number of ether oxygens (including phenoxy) is 1. The van der Waals surface area contributed by atoms with Gasteiger partial charge < -0.3 is 15.0 Å². The number of hydrazone groups is 1. The monoisotopic (exact) mass is 225 g/mol. The third-order valence-corrected chi connectivity index (χ3v) is 1.58. The van der Waals surface area contributed by atoms with Crippen LogP contribution >= 0.6 is 0 Å². The molecule has 6 nitrogen and oxygen atoms in total. The van der Waals surface area contributed by atoms with Gasteiger partial charge in [-0.1, -0.05) is 13.2 Å². The lowest BCUT2D eigenvalue weighted by Crippen LogP contribution is -2.35. The number of nitrogens with one attached hydrogen (secondary N) is 2. The molecule has 0 rings (SSSR count). The molecule has 0 aliphatic heterocycles. The minimum Gasteiger partial charge on any atom is -0.468 e. The van der Waals surface area contributed by atoms with E-state index in [1.807, 2.05) is 14.0 Å². The first kappa shape index (κ1) is 14.0. The highest BCUT2D eigenvalue weighted by molar-refractivity contribution is 5.80. The van der Waals surface area contributed by atoms with Gasteiger partial charge in [-0.25, -0.2) is 4.99 Å². The molecule has 0 aliphatic carbocycles. The number of hydrogen-bond donors (Lipinski definition) is 2. The van der Waals surface area contributed by atoms with E-state index in [1.165, 1.54) is 6.20 Å². The topological polar surface area (TPSA) is 61.2 Å². The molecule has 0 radical (unpaired) electrons. The lowest BCUT2D eigenvalue weighted by atomic mass is 10.7. The Bertz CT molecular complexity index is 285. The number of aliphatic imine (C=N–C) groups is 1.